The normalized spacial score (nSPS) is 14.2. The van der Waals surface area contributed by atoms with E-state index in [2.05, 4.69) is 59.0 Å². The quantitative estimate of drug-likeness (QED) is 0.0920. The topological polar surface area (TPSA) is 108 Å². The van der Waals surface area contributed by atoms with Gasteiger partial charge in [-0.15, -0.1) is 44.1 Å². The van der Waals surface area contributed by atoms with E-state index in [0.717, 1.165) is 46.5 Å². The molecular weight excluding hydrogens is 1900 g/mol. The van der Waals surface area contributed by atoms with Crippen molar-refractivity contribution in [3.63, 3.8) is 0 Å². The fourth-order valence-electron chi connectivity index (χ4n) is 18.0. The molecule has 0 radical (unpaired) electrons. The van der Waals surface area contributed by atoms with E-state index in [0.29, 0.717) is 152 Å². The van der Waals surface area contributed by atoms with E-state index >= 15 is 52.7 Å². The van der Waals surface area contributed by atoms with E-state index < -0.39 is 52.4 Å². The summed E-state index contributed by atoms with van der Waals surface area (Å²) in [5.74, 6) is 0. The Kier molecular flexibility index (Phi) is 21.9. The Labute approximate surface area is 749 Å². The molecule has 16 bridgehead atoms. The minimum Gasteiger partial charge on any atom is -0.656 e. The molecule has 0 N–H and O–H groups in total. The Morgan fingerprint density at radius 3 is 0.836 bits per heavy atom. The first kappa shape index (κ1) is 87.3. The molecule has 0 unspecified atom stereocenters. The second kappa shape index (κ2) is 30.7. The van der Waals surface area contributed by atoms with Gasteiger partial charge in [-0.25, -0.2) is 19.9 Å². The third kappa shape index (κ3) is 13.5. The van der Waals surface area contributed by atoms with Crippen molar-refractivity contribution in [3.8, 4) is 77.9 Å². The number of halogens is 14. The number of alkyl halides is 12. The van der Waals surface area contributed by atoms with E-state index in [9.17, 15) is 0 Å². The Morgan fingerprint density at radius 1 is 0.270 bits per heavy atom. The zero-order valence-corrected chi connectivity index (χ0v) is 79.8. The number of aromatic nitrogens is 8. The second-order valence-corrected chi connectivity index (χ2v) is 34.4. The van der Waals surface area contributed by atoms with Gasteiger partial charge in [-0.1, -0.05) is 156 Å². The van der Waals surface area contributed by atoms with Crippen LogP contribution in [0.5, 0.6) is 0 Å². The van der Waals surface area contributed by atoms with Crippen molar-refractivity contribution in [2.45, 2.75) is 148 Å². The molecule has 608 valence electrons. The van der Waals surface area contributed by atoms with Gasteiger partial charge in [-0.3, -0.25) is 0 Å². The summed E-state index contributed by atoms with van der Waals surface area (Å²) in [6.45, 7) is 31.4. The van der Waals surface area contributed by atoms with Crippen molar-refractivity contribution in [2.75, 3.05) is 0 Å². The van der Waals surface area contributed by atoms with Crippen LogP contribution in [0.1, 0.15) is 187 Å². The van der Waals surface area contributed by atoms with Crippen LogP contribution in [-0.2, 0) is 69.1 Å². The second-order valence-electron chi connectivity index (χ2n) is 32.3. The van der Waals surface area contributed by atoms with Crippen LogP contribution in [0.25, 0.3) is 167 Å². The molecule has 5 aliphatic rings. The van der Waals surface area contributed by atoms with E-state index in [1.54, 1.807) is 71.9 Å². The molecular formula is C98H74F12I2N8Zn2. The fraction of sp³-hybridized carbons (Fsp3) is 0.224. The first-order chi connectivity index (χ1) is 56.4. The number of nitrogens with zero attached hydrogens (tertiary/aromatic N) is 8. The Bertz CT molecular complexity index is 7090. The van der Waals surface area contributed by atoms with Gasteiger partial charge >= 0.3 is 63.7 Å². The summed E-state index contributed by atoms with van der Waals surface area (Å²) in [6.07, 6.45) is -19.4. The number of benzene rings is 6. The van der Waals surface area contributed by atoms with Gasteiger partial charge in [-0.2, -0.15) is 52.7 Å². The van der Waals surface area contributed by atoms with Crippen LogP contribution in [0.4, 0.5) is 52.7 Å². The third-order valence-corrected chi connectivity index (χ3v) is 27.4. The number of aryl methyl sites for hydroxylation is 7. The first-order valence-corrected chi connectivity index (χ1v) is 41.0. The Balaban J connectivity index is 0.00000578. The van der Waals surface area contributed by atoms with E-state index in [1.807, 2.05) is 98.7 Å². The summed E-state index contributed by atoms with van der Waals surface area (Å²) < 4.78 is 191. The van der Waals surface area contributed by atoms with Crippen LogP contribution in [-0.4, -0.2) is 19.9 Å². The van der Waals surface area contributed by atoms with Crippen molar-refractivity contribution >= 4 is 134 Å². The molecule has 122 heavy (non-hydrogen) atoms. The number of hydrogen-bond acceptors (Lipinski definition) is 4. The molecule has 0 amide bonds. The molecule has 0 saturated carbocycles. The maximum atomic E-state index is 15.8. The average Bonchev–Trinajstić information content (AvgIpc) is 1.56. The molecule has 10 heterocycles. The maximum Gasteiger partial charge on any atom is 2.00 e. The zero-order valence-electron chi connectivity index (χ0n) is 69.6. The molecule has 0 saturated heterocycles. The first-order valence-electron chi connectivity index (χ1n) is 38.8. The molecule has 0 fully saturated rings. The molecule has 6 aromatic heterocycles. The molecule has 8 nitrogen and oxygen atoms in total. The van der Waals surface area contributed by atoms with Crippen LogP contribution in [0.2, 0.25) is 0 Å². The zero-order chi connectivity index (χ0) is 86.0. The van der Waals surface area contributed by atoms with Gasteiger partial charge in [0.25, 0.3) is 0 Å². The van der Waals surface area contributed by atoms with Crippen molar-refractivity contribution in [3.05, 3.63) is 265 Å². The number of fused-ring (bicyclic) bond motifs is 19. The van der Waals surface area contributed by atoms with Crippen molar-refractivity contribution < 1.29 is 91.6 Å². The van der Waals surface area contributed by atoms with Crippen LogP contribution < -0.4 is 19.9 Å². The smallest absolute Gasteiger partial charge is 0.656 e. The van der Waals surface area contributed by atoms with E-state index in [-0.39, 0.29) is 134 Å². The molecule has 4 aliphatic heterocycles. The Morgan fingerprint density at radius 2 is 0.516 bits per heavy atom. The van der Waals surface area contributed by atoms with Crippen LogP contribution in [0.15, 0.2) is 140 Å². The molecule has 12 aromatic rings. The molecule has 0 atom stereocenters. The number of rotatable bonds is 6. The average molecular weight is 1980 g/mol. The summed E-state index contributed by atoms with van der Waals surface area (Å²) in [5, 5.41) is 0. The summed E-state index contributed by atoms with van der Waals surface area (Å²) in [6, 6.07) is 35.0. The molecule has 6 aromatic carbocycles. The minimum atomic E-state index is -4.85. The van der Waals surface area contributed by atoms with Crippen LogP contribution >= 0.6 is 45.2 Å². The van der Waals surface area contributed by atoms with Crippen LogP contribution in [0.3, 0.4) is 0 Å². The number of allylic oxidation sites excluding steroid dienone is 8. The maximum absolute atomic E-state index is 15.8. The van der Waals surface area contributed by atoms with Crippen LogP contribution in [0, 0.1) is 55.6 Å². The van der Waals surface area contributed by atoms with E-state index in [1.165, 1.54) is 48.5 Å². The van der Waals surface area contributed by atoms with Gasteiger partial charge < -0.3 is 19.9 Å². The van der Waals surface area contributed by atoms with Gasteiger partial charge in [0, 0.05) is 12.6 Å². The predicted molar refractivity (Wildman–Crippen MR) is 473 cm³/mol. The summed E-state index contributed by atoms with van der Waals surface area (Å²) in [5.41, 5.74) is 13.6. The van der Waals surface area contributed by atoms with Crippen molar-refractivity contribution in [1.29, 1.82) is 0 Å². The minimum absolute atomic E-state index is 0. The van der Waals surface area contributed by atoms with Gasteiger partial charge in [0.05, 0.1) is 67.8 Å². The monoisotopic (exact) mass is 1970 g/mol. The largest absolute Gasteiger partial charge is 2.00 e. The number of hydrogen-bond donors (Lipinski definition) is 0. The summed E-state index contributed by atoms with van der Waals surface area (Å²) >= 11 is 4.27. The SMILES string of the molecule is CC1=C(C)c2nc1c(-c1ccc3c(c1)C(C)(C)c1cc(-c4c5nc(c(-c6ccccc6C(F)(F)F)c6[n-]c(c(C)c6C)c(I)c6nc(c(-c7ccccc7C(F)(F)F)c7[n-]c4c(C)c7C)C(C)=C6C)C(C)=C5C)ccc1-3)c1cc(C)c([n-]1)c(-c1ccccc1C(F)(F)F)c1nc(c(I)c3[n-]c(c(C)c3C)c2-c2ccccc2C(F)(F)F)C(C)=C1C.[Zn+2].[Zn+2]. The van der Waals surface area contributed by atoms with Gasteiger partial charge in [0.1, 0.15) is 0 Å². The summed E-state index contributed by atoms with van der Waals surface area (Å²) in [4.78, 5) is 43.3. The predicted octanol–water partition coefficient (Wildman–Crippen LogP) is 29.0. The standard InChI is InChI=1S/C98H74F12I2N8.2Zn/c1-41-38-70-71(80-42(2)45(5)84(114-80)74(61-27-19-23-31-65(61)96(102,103)104)87-49(9)53(13)91(118-87)77(111)90-52(12)48(8)83(117-90)73(79(41)113-70)60-26-18-22-30-64(60)95(99,100)101)56-34-36-58-59-37-35-57(40-69(59)94(16,17)68(58)39-56)72-81-43(3)46(6)85(115-81)75(62-28-20-24-32-66(62)97(105,106)107)88-50(10)54(14)92(119-88)78(112)93-55(15)51(11)89(120-93)76(86-47(7)44(4)82(72)116-86)63-29-21-25-33-67(63)98(108,109)110;;/h18-40H,1-17H3;;/q-4;2*+2. The van der Waals surface area contributed by atoms with Gasteiger partial charge in [-0.05, 0) is 319 Å². The van der Waals surface area contributed by atoms with Gasteiger partial charge in [0.15, 0.2) is 0 Å². The van der Waals surface area contributed by atoms with Crippen molar-refractivity contribution in [2.24, 2.45) is 0 Å². The molecule has 24 heteroatoms. The summed E-state index contributed by atoms with van der Waals surface area (Å²) in [7, 11) is 0. The fourth-order valence-corrected chi connectivity index (χ4v) is 20.1. The molecule has 1 aliphatic carbocycles. The van der Waals surface area contributed by atoms with Crippen molar-refractivity contribution in [1.82, 2.24) is 39.9 Å². The Hall–Kier alpha value is -9.61. The molecule has 0 spiro atoms. The molecule has 17 rings (SSSR count). The van der Waals surface area contributed by atoms with Gasteiger partial charge in [0.2, 0.25) is 0 Å². The third-order valence-electron chi connectivity index (χ3n) is 25.4. The van der Waals surface area contributed by atoms with E-state index in [4.69, 9.17) is 39.9 Å².